The number of piperazine rings is 1. The molecule has 0 aliphatic carbocycles. The molecule has 0 bridgehead atoms. The van der Waals surface area contributed by atoms with E-state index in [4.69, 9.17) is 5.11 Å². The van der Waals surface area contributed by atoms with Crippen LogP contribution in [-0.4, -0.2) is 41.7 Å². The van der Waals surface area contributed by atoms with E-state index in [1.54, 1.807) is 12.1 Å². The van der Waals surface area contributed by atoms with Gasteiger partial charge >= 0.3 is 5.97 Å². The second-order valence-electron chi connectivity index (χ2n) is 4.76. The monoisotopic (exact) mass is 248 g/mol. The largest absolute Gasteiger partial charge is 0.478 e. The van der Waals surface area contributed by atoms with E-state index in [1.165, 1.54) is 0 Å². The van der Waals surface area contributed by atoms with Crippen molar-refractivity contribution in [1.29, 1.82) is 0 Å². The quantitative estimate of drug-likeness (QED) is 0.849. The summed E-state index contributed by atoms with van der Waals surface area (Å²) in [7, 11) is 0. The highest BCUT2D eigenvalue weighted by atomic mass is 16.4. The molecule has 1 heterocycles. The highest BCUT2D eigenvalue weighted by Gasteiger charge is 2.19. The average Bonchev–Trinajstić information content (AvgIpc) is 2.39. The van der Waals surface area contributed by atoms with Crippen LogP contribution < -0.4 is 5.32 Å². The van der Waals surface area contributed by atoms with Crippen LogP contribution in [0.5, 0.6) is 0 Å². The number of carbonyl (C=O) groups is 1. The molecule has 1 unspecified atom stereocenters. The molecule has 0 saturated carbocycles. The first-order chi connectivity index (χ1) is 8.70. The minimum Gasteiger partial charge on any atom is -0.478 e. The van der Waals surface area contributed by atoms with Gasteiger partial charge in [-0.25, -0.2) is 4.79 Å². The molecule has 98 valence electrons. The molecule has 2 rings (SSSR count). The van der Waals surface area contributed by atoms with Crippen molar-refractivity contribution < 1.29 is 9.90 Å². The van der Waals surface area contributed by atoms with Crippen molar-refractivity contribution in [3.8, 4) is 0 Å². The number of carboxylic acids is 1. The summed E-state index contributed by atoms with van der Waals surface area (Å²) in [6, 6.07) is 7.79. The first-order valence-electron chi connectivity index (χ1n) is 6.47. The molecule has 4 nitrogen and oxygen atoms in total. The van der Waals surface area contributed by atoms with Crippen molar-refractivity contribution in [2.75, 3.05) is 19.6 Å². The topological polar surface area (TPSA) is 52.6 Å². The molecule has 1 fully saturated rings. The predicted octanol–water partition coefficient (Wildman–Crippen LogP) is 1.57. The SMILES string of the molecule is CCC1CN(Cc2ccccc2C(=O)O)CCN1. The Kier molecular flexibility index (Phi) is 4.33. The molecule has 1 atom stereocenters. The molecule has 1 aromatic rings. The number of hydrogen-bond donors (Lipinski definition) is 2. The summed E-state index contributed by atoms with van der Waals surface area (Å²) in [5.74, 6) is -0.840. The van der Waals surface area contributed by atoms with Gasteiger partial charge in [0.05, 0.1) is 5.56 Å². The molecule has 0 amide bonds. The fourth-order valence-electron chi connectivity index (χ4n) is 2.42. The van der Waals surface area contributed by atoms with Gasteiger partial charge in [-0.3, -0.25) is 4.90 Å². The van der Waals surface area contributed by atoms with Crippen molar-refractivity contribution in [2.24, 2.45) is 0 Å². The Hall–Kier alpha value is -1.39. The third kappa shape index (κ3) is 3.09. The number of aromatic carboxylic acids is 1. The van der Waals surface area contributed by atoms with E-state index in [0.29, 0.717) is 11.6 Å². The molecule has 1 saturated heterocycles. The van der Waals surface area contributed by atoms with Gasteiger partial charge in [0, 0.05) is 32.2 Å². The van der Waals surface area contributed by atoms with E-state index in [0.717, 1.165) is 38.2 Å². The third-order valence-corrected chi connectivity index (χ3v) is 3.47. The maximum Gasteiger partial charge on any atom is 0.336 e. The van der Waals surface area contributed by atoms with Crippen molar-refractivity contribution in [3.05, 3.63) is 35.4 Å². The number of nitrogens with zero attached hydrogens (tertiary/aromatic N) is 1. The number of hydrogen-bond acceptors (Lipinski definition) is 3. The molecule has 1 aromatic carbocycles. The van der Waals surface area contributed by atoms with Crippen molar-refractivity contribution in [3.63, 3.8) is 0 Å². The van der Waals surface area contributed by atoms with E-state index in [2.05, 4.69) is 17.1 Å². The van der Waals surface area contributed by atoms with Gasteiger partial charge in [-0.15, -0.1) is 0 Å². The van der Waals surface area contributed by atoms with Gasteiger partial charge in [0.25, 0.3) is 0 Å². The number of benzene rings is 1. The maximum absolute atomic E-state index is 11.2. The van der Waals surface area contributed by atoms with E-state index < -0.39 is 5.97 Å². The molecule has 0 aromatic heterocycles. The summed E-state index contributed by atoms with van der Waals surface area (Å²) in [4.78, 5) is 13.5. The van der Waals surface area contributed by atoms with Gasteiger partial charge in [-0.1, -0.05) is 25.1 Å². The summed E-state index contributed by atoms with van der Waals surface area (Å²) < 4.78 is 0. The second kappa shape index (κ2) is 5.98. The standard InChI is InChI=1S/C14H20N2O2/c1-2-12-10-16(8-7-15-12)9-11-5-3-4-6-13(11)14(17)18/h3-6,12,15H,2,7-10H2,1H3,(H,17,18). The molecular weight excluding hydrogens is 228 g/mol. The van der Waals surface area contributed by atoms with Crippen LogP contribution >= 0.6 is 0 Å². The third-order valence-electron chi connectivity index (χ3n) is 3.47. The highest BCUT2D eigenvalue weighted by molar-refractivity contribution is 5.89. The first kappa shape index (κ1) is 13.1. The van der Waals surface area contributed by atoms with Crippen molar-refractivity contribution in [2.45, 2.75) is 25.9 Å². The fraction of sp³-hybridized carbons (Fsp3) is 0.500. The van der Waals surface area contributed by atoms with E-state index in [9.17, 15) is 4.79 Å². The predicted molar refractivity (Wildman–Crippen MR) is 70.8 cm³/mol. The van der Waals surface area contributed by atoms with Crippen LogP contribution in [0.15, 0.2) is 24.3 Å². The molecule has 1 aliphatic rings. The van der Waals surface area contributed by atoms with E-state index in [-0.39, 0.29) is 0 Å². The van der Waals surface area contributed by atoms with Gasteiger partial charge in [0.1, 0.15) is 0 Å². The molecule has 0 spiro atoms. The molecule has 1 aliphatic heterocycles. The normalized spacial score (nSPS) is 20.8. The zero-order chi connectivity index (χ0) is 13.0. The zero-order valence-corrected chi connectivity index (χ0v) is 10.7. The van der Waals surface area contributed by atoms with Crippen LogP contribution in [0.1, 0.15) is 29.3 Å². The van der Waals surface area contributed by atoms with Crippen LogP contribution in [0.3, 0.4) is 0 Å². The Balaban J connectivity index is 2.07. The molecule has 0 radical (unpaired) electrons. The summed E-state index contributed by atoms with van der Waals surface area (Å²) in [6.45, 7) is 5.84. The van der Waals surface area contributed by atoms with Crippen molar-refractivity contribution in [1.82, 2.24) is 10.2 Å². The lowest BCUT2D eigenvalue weighted by Crippen LogP contribution is -2.49. The average molecular weight is 248 g/mol. The van der Waals surface area contributed by atoms with E-state index in [1.807, 2.05) is 12.1 Å². The van der Waals surface area contributed by atoms with Crippen LogP contribution in [0.4, 0.5) is 0 Å². The second-order valence-corrected chi connectivity index (χ2v) is 4.76. The lowest BCUT2D eigenvalue weighted by atomic mass is 10.1. The number of carboxylic acid groups (broad SMARTS) is 1. The zero-order valence-electron chi connectivity index (χ0n) is 10.7. The molecule has 4 heteroatoms. The van der Waals surface area contributed by atoms with Crippen LogP contribution in [-0.2, 0) is 6.54 Å². The lowest BCUT2D eigenvalue weighted by Gasteiger charge is -2.33. The molecule has 2 N–H and O–H groups in total. The molecular formula is C14H20N2O2. The van der Waals surface area contributed by atoms with Crippen LogP contribution in [0, 0.1) is 0 Å². The fourth-order valence-corrected chi connectivity index (χ4v) is 2.42. The lowest BCUT2D eigenvalue weighted by molar-refractivity contribution is 0.0694. The first-order valence-corrected chi connectivity index (χ1v) is 6.47. The van der Waals surface area contributed by atoms with Gasteiger partial charge < -0.3 is 10.4 Å². The van der Waals surface area contributed by atoms with Gasteiger partial charge in [-0.05, 0) is 18.1 Å². The highest BCUT2D eigenvalue weighted by Crippen LogP contribution is 2.13. The van der Waals surface area contributed by atoms with Crippen LogP contribution in [0.25, 0.3) is 0 Å². The number of rotatable bonds is 4. The van der Waals surface area contributed by atoms with Gasteiger partial charge in [0.2, 0.25) is 0 Å². The Bertz CT molecular complexity index is 420. The number of nitrogens with one attached hydrogen (secondary N) is 1. The minimum atomic E-state index is -0.840. The van der Waals surface area contributed by atoms with E-state index >= 15 is 0 Å². The summed E-state index contributed by atoms with van der Waals surface area (Å²) in [6.07, 6.45) is 1.11. The Morgan fingerprint density at radius 1 is 1.50 bits per heavy atom. The Labute approximate surface area is 108 Å². The van der Waals surface area contributed by atoms with Crippen LogP contribution in [0.2, 0.25) is 0 Å². The Morgan fingerprint density at radius 3 is 3.00 bits per heavy atom. The van der Waals surface area contributed by atoms with Gasteiger partial charge in [0.15, 0.2) is 0 Å². The Morgan fingerprint density at radius 2 is 2.28 bits per heavy atom. The summed E-state index contributed by atoms with van der Waals surface area (Å²) in [5, 5.41) is 12.6. The van der Waals surface area contributed by atoms with Crippen molar-refractivity contribution >= 4 is 5.97 Å². The minimum absolute atomic E-state index is 0.420. The smallest absolute Gasteiger partial charge is 0.336 e. The summed E-state index contributed by atoms with van der Waals surface area (Å²) >= 11 is 0. The maximum atomic E-state index is 11.2. The molecule has 18 heavy (non-hydrogen) atoms. The summed E-state index contributed by atoms with van der Waals surface area (Å²) in [5.41, 5.74) is 1.32. The van der Waals surface area contributed by atoms with Gasteiger partial charge in [-0.2, -0.15) is 0 Å².